The lowest BCUT2D eigenvalue weighted by Gasteiger charge is -2.27. The second-order valence-corrected chi connectivity index (χ2v) is 13.0. The first-order valence-electron chi connectivity index (χ1n) is 16.5. The van der Waals surface area contributed by atoms with Gasteiger partial charge in [0.1, 0.15) is 5.78 Å². The van der Waals surface area contributed by atoms with Crippen molar-refractivity contribution < 1.29 is 42.3 Å². The molecule has 0 radical (unpaired) electrons. The standard InChI is InChI=1S/C37H45F3N4O6/c1-22(2)28(20-32(46)29-21-41-44(25(29)5)27-14-10-7-11-15-27)36(50)43-31(19-26-12-8-6-9-13-26)33(47)18-23(3)35(49)42-30(17-16-24(4)45)34(48)37(38,39)40/h6-15,21-23,28,30-31,34,48H,16-20H2,1-5H3,(H,42,49)(H,43,50)/t23-,28+,30?,31+,34?/m1/s1. The SMILES string of the molecule is CC(=O)CCC(NC(=O)[C@H](C)CC(=O)[C@H](Cc1ccccc1)NC(=O)[C@@H](CC(=O)c1cnn(-c2ccccc2)c1C)C(C)C)C(O)C(F)(F)F. The van der Waals surface area contributed by atoms with Crippen LogP contribution in [0.5, 0.6) is 0 Å². The normalized spacial score (nSPS) is 14.7. The summed E-state index contributed by atoms with van der Waals surface area (Å²) in [6, 6.07) is 15.2. The summed E-state index contributed by atoms with van der Waals surface area (Å²) in [6.07, 6.45) is -7.77. The van der Waals surface area contributed by atoms with Crippen LogP contribution in [0.15, 0.2) is 66.9 Å². The van der Waals surface area contributed by atoms with Crippen LogP contribution in [-0.2, 0) is 25.6 Å². The fourth-order valence-corrected chi connectivity index (χ4v) is 5.59. The zero-order valence-electron chi connectivity index (χ0n) is 28.9. The van der Waals surface area contributed by atoms with E-state index in [4.69, 9.17) is 0 Å². The third-order valence-corrected chi connectivity index (χ3v) is 8.65. The number of aromatic nitrogens is 2. The number of halogens is 3. The van der Waals surface area contributed by atoms with Gasteiger partial charge in [-0.15, -0.1) is 0 Å². The molecular formula is C37H45F3N4O6. The number of ketones is 3. The molecule has 0 aliphatic heterocycles. The van der Waals surface area contributed by atoms with E-state index in [1.807, 2.05) is 30.3 Å². The van der Waals surface area contributed by atoms with E-state index in [9.17, 15) is 42.3 Å². The molecule has 0 aliphatic rings. The van der Waals surface area contributed by atoms with E-state index < -0.39 is 72.4 Å². The minimum absolute atomic E-state index is 0.0650. The molecule has 0 fully saturated rings. The quantitative estimate of drug-likeness (QED) is 0.156. The predicted molar refractivity (Wildman–Crippen MR) is 180 cm³/mol. The van der Waals surface area contributed by atoms with Crippen LogP contribution >= 0.6 is 0 Å². The molecule has 2 aromatic carbocycles. The van der Waals surface area contributed by atoms with E-state index in [2.05, 4.69) is 15.7 Å². The summed E-state index contributed by atoms with van der Waals surface area (Å²) >= 11 is 0. The summed E-state index contributed by atoms with van der Waals surface area (Å²) in [5, 5.41) is 19.1. The van der Waals surface area contributed by atoms with E-state index in [0.29, 0.717) is 16.8 Å². The van der Waals surface area contributed by atoms with Crippen LogP contribution in [-0.4, -0.2) is 68.4 Å². The lowest BCUT2D eigenvalue weighted by atomic mass is 9.87. The van der Waals surface area contributed by atoms with Crippen molar-refractivity contribution in [3.63, 3.8) is 0 Å². The maximum Gasteiger partial charge on any atom is 0.416 e. The molecule has 270 valence electrons. The third kappa shape index (κ3) is 11.2. The van der Waals surface area contributed by atoms with Gasteiger partial charge in [0.25, 0.3) is 0 Å². The molecule has 0 saturated heterocycles. The molecule has 50 heavy (non-hydrogen) atoms. The minimum atomic E-state index is -5.05. The first-order chi connectivity index (χ1) is 23.5. The van der Waals surface area contributed by atoms with Crippen LogP contribution in [0.4, 0.5) is 13.2 Å². The van der Waals surface area contributed by atoms with Gasteiger partial charge in [-0.1, -0.05) is 69.3 Å². The Kier molecular flexibility index (Phi) is 14.2. The van der Waals surface area contributed by atoms with Gasteiger partial charge >= 0.3 is 6.18 Å². The number of nitrogens with one attached hydrogen (secondary N) is 2. The molecule has 3 aromatic rings. The zero-order chi connectivity index (χ0) is 37.2. The number of hydrogen-bond donors (Lipinski definition) is 3. The lowest BCUT2D eigenvalue weighted by Crippen LogP contribution is -2.52. The predicted octanol–water partition coefficient (Wildman–Crippen LogP) is 5.13. The molecule has 0 spiro atoms. The van der Waals surface area contributed by atoms with E-state index in [1.54, 1.807) is 55.8 Å². The summed E-state index contributed by atoms with van der Waals surface area (Å²) in [7, 11) is 0. The molecule has 0 saturated carbocycles. The van der Waals surface area contributed by atoms with Crippen molar-refractivity contribution in [2.45, 2.75) is 91.1 Å². The number of carbonyl (C=O) groups excluding carboxylic acids is 5. The van der Waals surface area contributed by atoms with Gasteiger partial charge in [0, 0.05) is 31.1 Å². The van der Waals surface area contributed by atoms with Crippen LogP contribution in [0.25, 0.3) is 5.69 Å². The highest BCUT2D eigenvalue weighted by Crippen LogP contribution is 2.26. The Morgan fingerprint density at radius 3 is 2.04 bits per heavy atom. The van der Waals surface area contributed by atoms with Gasteiger partial charge in [-0.25, -0.2) is 4.68 Å². The van der Waals surface area contributed by atoms with Crippen LogP contribution in [0.3, 0.4) is 0 Å². The van der Waals surface area contributed by atoms with Crippen molar-refractivity contribution in [3.05, 3.63) is 83.7 Å². The van der Waals surface area contributed by atoms with E-state index in [-0.39, 0.29) is 31.0 Å². The van der Waals surface area contributed by atoms with Gasteiger partial charge in [-0.3, -0.25) is 19.2 Å². The monoisotopic (exact) mass is 698 g/mol. The number of Topliss-reactive ketones (excluding diaryl/α,β-unsaturated/α-hetero) is 3. The number of benzene rings is 2. The summed E-state index contributed by atoms with van der Waals surface area (Å²) in [5.74, 6) is -4.97. The van der Waals surface area contributed by atoms with Crippen LogP contribution in [0, 0.1) is 24.7 Å². The molecule has 0 aliphatic carbocycles. The number of alkyl halides is 3. The van der Waals surface area contributed by atoms with Crippen molar-refractivity contribution in [3.8, 4) is 5.69 Å². The maximum atomic E-state index is 13.8. The number of rotatable bonds is 18. The largest absolute Gasteiger partial charge is 0.416 e. The Morgan fingerprint density at radius 2 is 1.48 bits per heavy atom. The summed E-state index contributed by atoms with van der Waals surface area (Å²) < 4.78 is 41.5. The topological polar surface area (TPSA) is 147 Å². The molecule has 2 unspecified atom stereocenters. The van der Waals surface area contributed by atoms with Crippen molar-refractivity contribution in [2.24, 2.45) is 17.8 Å². The number of nitrogens with zero attached hydrogens (tertiary/aromatic N) is 2. The second-order valence-electron chi connectivity index (χ2n) is 13.0. The zero-order valence-corrected chi connectivity index (χ0v) is 28.9. The first kappa shape index (κ1) is 39.8. The van der Waals surface area contributed by atoms with Gasteiger partial charge in [-0.05, 0) is 50.3 Å². The van der Waals surface area contributed by atoms with E-state index in [0.717, 1.165) is 5.69 Å². The Hall–Kier alpha value is -4.65. The van der Waals surface area contributed by atoms with Gasteiger partial charge in [0.05, 0.1) is 35.2 Å². The third-order valence-electron chi connectivity index (χ3n) is 8.65. The molecule has 0 bridgehead atoms. The number of aliphatic hydroxyl groups is 1. The molecular weight excluding hydrogens is 653 g/mol. The van der Waals surface area contributed by atoms with Crippen molar-refractivity contribution in [1.29, 1.82) is 0 Å². The van der Waals surface area contributed by atoms with Crippen molar-refractivity contribution in [1.82, 2.24) is 20.4 Å². The molecule has 3 rings (SSSR count). The first-order valence-corrected chi connectivity index (χ1v) is 16.5. The molecule has 10 nitrogen and oxygen atoms in total. The fourth-order valence-electron chi connectivity index (χ4n) is 5.59. The Balaban J connectivity index is 1.77. The van der Waals surface area contributed by atoms with Crippen LogP contribution in [0.2, 0.25) is 0 Å². The number of hydrogen-bond acceptors (Lipinski definition) is 7. The summed E-state index contributed by atoms with van der Waals surface area (Å²) in [5.41, 5.74) is 2.46. The smallest absolute Gasteiger partial charge is 0.382 e. The fraction of sp³-hybridized carbons (Fsp3) is 0.459. The van der Waals surface area contributed by atoms with Crippen molar-refractivity contribution >= 4 is 29.2 Å². The van der Waals surface area contributed by atoms with Crippen molar-refractivity contribution in [2.75, 3.05) is 0 Å². The molecule has 1 heterocycles. The van der Waals surface area contributed by atoms with Gasteiger partial charge in [0.15, 0.2) is 17.7 Å². The van der Waals surface area contributed by atoms with Gasteiger partial charge in [-0.2, -0.15) is 18.3 Å². The molecule has 13 heteroatoms. The number of carbonyl (C=O) groups is 5. The highest BCUT2D eigenvalue weighted by atomic mass is 19.4. The molecule has 5 atom stereocenters. The van der Waals surface area contributed by atoms with Crippen LogP contribution in [0.1, 0.15) is 75.0 Å². The highest BCUT2D eigenvalue weighted by molar-refractivity contribution is 6.00. The molecule has 1 aromatic heterocycles. The number of aliphatic hydroxyl groups excluding tert-OH is 1. The summed E-state index contributed by atoms with van der Waals surface area (Å²) in [4.78, 5) is 65.3. The Morgan fingerprint density at radius 1 is 0.880 bits per heavy atom. The number of para-hydroxylation sites is 1. The number of amides is 2. The second kappa shape index (κ2) is 17.8. The highest BCUT2D eigenvalue weighted by Gasteiger charge is 2.44. The molecule has 3 N–H and O–H groups in total. The minimum Gasteiger partial charge on any atom is -0.382 e. The maximum absolute atomic E-state index is 13.8. The van der Waals surface area contributed by atoms with Gasteiger partial charge < -0.3 is 20.5 Å². The summed E-state index contributed by atoms with van der Waals surface area (Å²) in [6.45, 7) is 7.87. The van der Waals surface area contributed by atoms with E-state index >= 15 is 0 Å². The Bertz CT molecular complexity index is 1620. The Labute approximate surface area is 289 Å². The molecule has 2 amide bonds. The lowest BCUT2D eigenvalue weighted by molar-refractivity contribution is -0.213. The van der Waals surface area contributed by atoms with Gasteiger partial charge in [0.2, 0.25) is 11.8 Å². The average molecular weight is 699 g/mol. The van der Waals surface area contributed by atoms with E-state index in [1.165, 1.54) is 20.0 Å². The average Bonchev–Trinajstić information content (AvgIpc) is 3.45. The van der Waals surface area contributed by atoms with Crippen LogP contribution < -0.4 is 10.6 Å².